The monoisotopic (exact) mass is 1040 g/mol. The molecule has 1 aliphatic heterocycles. The molecule has 1 aliphatic rings. The molecular formula is C56H53F5N8O5S. The number of pyridine rings is 3. The summed E-state index contributed by atoms with van der Waals surface area (Å²) in [6.45, 7) is 4.31. The van der Waals surface area contributed by atoms with Crippen molar-refractivity contribution in [2.75, 3.05) is 62.5 Å². The lowest BCUT2D eigenvalue weighted by atomic mass is 10.0. The molecule has 19 heteroatoms. The largest absolute Gasteiger partial charge is 0.497 e. The Hall–Kier alpha value is -7.93. The number of hydrogen-bond acceptors (Lipinski definition) is 14. The fraction of sp³-hybridized carbons (Fsp3) is 0.268. The Morgan fingerprint density at radius 3 is 1.64 bits per heavy atom. The van der Waals surface area contributed by atoms with Gasteiger partial charge in [0.15, 0.2) is 11.0 Å². The number of halogens is 5. The Kier molecular flexibility index (Phi) is 15.4. The highest BCUT2D eigenvalue weighted by molar-refractivity contribution is 7.98. The lowest BCUT2D eigenvalue weighted by Gasteiger charge is -2.33. The van der Waals surface area contributed by atoms with E-state index in [0.717, 1.165) is 40.2 Å². The normalized spacial score (nSPS) is 12.7. The minimum Gasteiger partial charge on any atom is -0.497 e. The van der Waals surface area contributed by atoms with E-state index in [4.69, 9.17) is 33.7 Å². The van der Waals surface area contributed by atoms with E-state index in [1.165, 1.54) is 19.1 Å². The number of thioether (sulfide) groups is 1. The number of hydrogen-bond donors (Lipinski definition) is 0. The molecule has 9 rings (SSSR count). The number of aromatic nitrogens is 5. The maximum atomic E-state index is 17.8. The Balaban J connectivity index is 1.16. The molecule has 13 nitrogen and oxygen atoms in total. The van der Waals surface area contributed by atoms with Crippen LogP contribution in [0.3, 0.4) is 0 Å². The predicted molar refractivity (Wildman–Crippen MR) is 279 cm³/mol. The van der Waals surface area contributed by atoms with Gasteiger partial charge in [-0.05, 0) is 103 Å². The van der Waals surface area contributed by atoms with Crippen LogP contribution in [-0.4, -0.2) is 72.8 Å². The van der Waals surface area contributed by atoms with E-state index < -0.39 is 46.4 Å². The average Bonchev–Trinajstić information content (AvgIpc) is 3.60. The van der Waals surface area contributed by atoms with Crippen molar-refractivity contribution in [3.63, 3.8) is 0 Å². The van der Waals surface area contributed by atoms with E-state index >= 15 is 22.0 Å². The molecule has 0 amide bonds. The molecule has 1 atom stereocenters. The van der Waals surface area contributed by atoms with Gasteiger partial charge < -0.3 is 38.4 Å². The third-order valence-corrected chi connectivity index (χ3v) is 13.5. The lowest BCUT2D eigenvalue weighted by Crippen LogP contribution is -2.33. The molecule has 0 bridgehead atoms. The van der Waals surface area contributed by atoms with Crippen molar-refractivity contribution < 1.29 is 45.6 Å². The van der Waals surface area contributed by atoms with Crippen LogP contribution in [0.1, 0.15) is 52.0 Å². The van der Waals surface area contributed by atoms with Crippen molar-refractivity contribution in [2.45, 2.75) is 57.4 Å². The third kappa shape index (κ3) is 11.3. The van der Waals surface area contributed by atoms with Gasteiger partial charge in [0.1, 0.15) is 69.5 Å². The van der Waals surface area contributed by atoms with Gasteiger partial charge in [-0.25, -0.2) is 33.7 Å². The second kappa shape index (κ2) is 22.3. The molecule has 4 aromatic heterocycles. The van der Waals surface area contributed by atoms with E-state index in [2.05, 4.69) is 15.0 Å². The summed E-state index contributed by atoms with van der Waals surface area (Å²) < 4.78 is 108. The summed E-state index contributed by atoms with van der Waals surface area (Å²) in [5.74, 6) is 1.55. The number of ether oxygens (including phenoxy) is 5. The number of benzene rings is 4. The van der Waals surface area contributed by atoms with Crippen LogP contribution in [0.2, 0.25) is 0 Å². The molecule has 1 unspecified atom stereocenters. The van der Waals surface area contributed by atoms with Crippen LogP contribution >= 0.6 is 11.8 Å². The van der Waals surface area contributed by atoms with Gasteiger partial charge in [-0.1, -0.05) is 60.3 Å². The van der Waals surface area contributed by atoms with Gasteiger partial charge in [-0.3, -0.25) is 0 Å². The van der Waals surface area contributed by atoms with Gasteiger partial charge in [0.2, 0.25) is 5.88 Å². The van der Waals surface area contributed by atoms with Crippen LogP contribution < -0.4 is 38.4 Å². The van der Waals surface area contributed by atoms with Crippen LogP contribution in [0.5, 0.6) is 28.9 Å². The number of methoxy groups -OCH3 is 4. The maximum absolute atomic E-state index is 17.8. The lowest BCUT2D eigenvalue weighted by molar-refractivity contribution is -0.137. The minimum absolute atomic E-state index is 0.0397. The average molecular weight is 1050 g/mol. The highest BCUT2D eigenvalue weighted by atomic mass is 32.2. The van der Waals surface area contributed by atoms with Gasteiger partial charge in [0.05, 0.1) is 58.5 Å². The zero-order chi connectivity index (χ0) is 53.0. The fourth-order valence-corrected chi connectivity index (χ4v) is 9.55. The van der Waals surface area contributed by atoms with E-state index in [1.54, 1.807) is 63.9 Å². The molecule has 0 saturated carbocycles. The Bertz CT molecular complexity index is 3200. The van der Waals surface area contributed by atoms with Crippen molar-refractivity contribution in [3.8, 4) is 40.1 Å². The molecule has 0 saturated heterocycles. The highest BCUT2D eigenvalue weighted by Crippen LogP contribution is 2.46. The zero-order valence-electron chi connectivity index (χ0n) is 42.2. The first-order valence-electron chi connectivity index (χ1n) is 23.8. The van der Waals surface area contributed by atoms with E-state index in [1.807, 2.05) is 89.5 Å². The highest BCUT2D eigenvalue weighted by Gasteiger charge is 2.40. The molecule has 5 heterocycles. The molecule has 75 heavy (non-hydrogen) atoms. The van der Waals surface area contributed by atoms with Crippen molar-refractivity contribution in [1.82, 2.24) is 24.9 Å². The summed E-state index contributed by atoms with van der Waals surface area (Å²) in [5.41, 5.74) is 0.910. The standard InChI is InChI=1S/C56H53F5N8O5S/c1-33-48(56(59,60)61)45(27-46(63-33)67(29-35-8-16-40(70-3)17-9-35)30-36-10-18-41(71-4)19-11-36)50-49(58)51-47-53(66-55(65-51)75-7)69(24-25-74-54(47)64-50)34(2)44-26-39(57)28-62-52(44)68(31-37-12-20-42(72-5)21-13-37)32-38-14-22-43(73-6)23-15-38/h8-23,26-28,34H,24-25,29-32H2,1-7H3. The molecule has 0 spiro atoms. The van der Waals surface area contributed by atoms with Crippen LogP contribution in [0.25, 0.3) is 22.2 Å². The predicted octanol–water partition coefficient (Wildman–Crippen LogP) is 12.2. The van der Waals surface area contributed by atoms with Gasteiger partial charge >= 0.3 is 6.18 Å². The number of alkyl halides is 3. The van der Waals surface area contributed by atoms with Crippen molar-refractivity contribution in [3.05, 3.63) is 166 Å². The number of aryl methyl sites for hydroxylation is 1. The maximum Gasteiger partial charge on any atom is 0.418 e. The molecule has 0 N–H and O–H groups in total. The first-order valence-corrected chi connectivity index (χ1v) is 25.0. The van der Waals surface area contributed by atoms with E-state index in [9.17, 15) is 0 Å². The minimum atomic E-state index is -4.99. The summed E-state index contributed by atoms with van der Waals surface area (Å²) in [5, 5.41) is 0.169. The zero-order valence-corrected chi connectivity index (χ0v) is 43.0. The first kappa shape index (κ1) is 52.0. The summed E-state index contributed by atoms with van der Waals surface area (Å²) >= 11 is 1.12. The first-order chi connectivity index (χ1) is 36.2. The molecule has 388 valence electrons. The second-order valence-corrected chi connectivity index (χ2v) is 18.5. The summed E-state index contributed by atoms with van der Waals surface area (Å²) in [4.78, 5) is 29.0. The number of rotatable bonds is 18. The molecule has 4 aromatic carbocycles. The van der Waals surface area contributed by atoms with Crippen LogP contribution in [0, 0.1) is 18.6 Å². The molecular weight excluding hydrogens is 992 g/mol. The fourth-order valence-electron chi connectivity index (χ4n) is 9.19. The van der Waals surface area contributed by atoms with Crippen LogP contribution in [0.4, 0.5) is 39.4 Å². The topological polar surface area (TPSA) is 120 Å². The SMILES string of the molecule is COc1ccc(CN(Cc2ccc(OC)cc2)c2cc(-c3nc4c5c(nc(SC)nc5c3F)N(C(C)c3cc(F)cnc3N(Cc3ccc(OC)cc3)Cc3ccc(OC)cc3)CCO4)c(C(F)(F)F)c(C)n2)cc1. The van der Waals surface area contributed by atoms with Crippen molar-refractivity contribution in [2.24, 2.45) is 0 Å². The summed E-state index contributed by atoms with van der Waals surface area (Å²) in [6, 6.07) is 31.7. The summed E-state index contributed by atoms with van der Waals surface area (Å²) in [6.07, 6.45) is -2.12. The molecule has 0 aliphatic carbocycles. The number of anilines is 3. The second-order valence-electron chi connectivity index (χ2n) is 17.7. The number of nitrogens with zero attached hydrogens (tertiary/aromatic N) is 8. The molecule has 8 aromatic rings. The Morgan fingerprint density at radius 1 is 0.680 bits per heavy atom. The quantitative estimate of drug-likeness (QED) is 0.0460. The molecule has 0 fully saturated rings. The van der Waals surface area contributed by atoms with Gasteiger partial charge in [0, 0.05) is 37.3 Å². The van der Waals surface area contributed by atoms with Crippen molar-refractivity contribution >= 4 is 40.1 Å². The van der Waals surface area contributed by atoms with Gasteiger partial charge in [0.25, 0.3) is 0 Å². The van der Waals surface area contributed by atoms with Crippen molar-refractivity contribution in [1.29, 1.82) is 0 Å². The van der Waals surface area contributed by atoms with Crippen LogP contribution in [0.15, 0.2) is 121 Å². The van der Waals surface area contributed by atoms with Gasteiger partial charge in [-0.15, -0.1) is 0 Å². The van der Waals surface area contributed by atoms with E-state index in [0.29, 0.717) is 47.5 Å². The third-order valence-electron chi connectivity index (χ3n) is 13.0. The Labute approximate surface area is 435 Å². The van der Waals surface area contributed by atoms with Gasteiger partial charge in [-0.2, -0.15) is 13.2 Å². The Morgan fingerprint density at radius 2 is 1.17 bits per heavy atom. The smallest absolute Gasteiger partial charge is 0.418 e. The van der Waals surface area contributed by atoms with Crippen LogP contribution in [-0.2, 0) is 32.4 Å². The summed E-state index contributed by atoms with van der Waals surface area (Å²) in [7, 11) is 6.30. The van der Waals surface area contributed by atoms with E-state index in [-0.39, 0.29) is 59.8 Å². The molecule has 0 radical (unpaired) electrons.